The fourth-order valence-corrected chi connectivity index (χ4v) is 0.927. The molecule has 0 bridgehead atoms. The largest absolute Gasteiger partial charge is 0.477 e. The molecule has 1 aromatic rings. The SMILES string of the molecule is COC(C)(C)CNc1nccc(C(=O)O)n1. The van der Waals surface area contributed by atoms with Crippen molar-refractivity contribution in [2.45, 2.75) is 19.4 Å². The Kier molecular flexibility index (Phi) is 3.78. The third-order valence-corrected chi connectivity index (χ3v) is 2.10. The van der Waals surface area contributed by atoms with Crippen molar-refractivity contribution in [1.29, 1.82) is 0 Å². The second-order valence-electron chi connectivity index (χ2n) is 3.89. The normalized spacial score (nSPS) is 11.2. The summed E-state index contributed by atoms with van der Waals surface area (Å²) in [5.41, 5.74) is -0.393. The predicted octanol–water partition coefficient (Wildman–Crippen LogP) is 1.01. The maximum atomic E-state index is 10.7. The van der Waals surface area contributed by atoms with Crippen LogP contribution in [-0.4, -0.2) is 40.3 Å². The summed E-state index contributed by atoms with van der Waals surface area (Å²) < 4.78 is 5.20. The highest BCUT2D eigenvalue weighted by Crippen LogP contribution is 2.08. The van der Waals surface area contributed by atoms with Crippen LogP contribution in [-0.2, 0) is 4.74 Å². The third kappa shape index (κ3) is 3.47. The summed E-state index contributed by atoms with van der Waals surface area (Å²) in [6.45, 7) is 4.30. The molecule has 88 valence electrons. The lowest BCUT2D eigenvalue weighted by Gasteiger charge is -2.22. The molecule has 1 heterocycles. The Morgan fingerprint density at radius 2 is 2.31 bits per heavy atom. The van der Waals surface area contributed by atoms with E-state index in [0.717, 1.165) is 0 Å². The Morgan fingerprint density at radius 3 is 2.88 bits per heavy atom. The molecule has 16 heavy (non-hydrogen) atoms. The molecule has 0 saturated carbocycles. The first-order valence-electron chi connectivity index (χ1n) is 4.80. The third-order valence-electron chi connectivity index (χ3n) is 2.10. The summed E-state index contributed by atoms with van der Waals surface area (Å²) in [4.78, 5) is 18.4. The highest BCUT2D eigenvalue weighted by Gasteiger charge is 2.16. The van der Waals surface area contributed by atoms with Crippen LogP contribution in [0.15, 0.2) is 12.3 Å². The van der Waals surface area contributed by atoms with Gasteiger partial charge in [-0.2, -0.15) is 0 Å². The van der Waals surface area contributed by atoms with E-state index in [4.69, 9.17) is 9.84 Å². The second-order valence-corrected chi connectivity index (χ2v) is 3.89. The van der Waals surface area contributed by atoms with Crippen molar-refractivity contribution in [3.63, 3.8) is 0 Å². The minimum Gasteiger partial charge on any atom is -0.477 e. The molecule has 1 aromatic heterocycles. The van der Waals surface area contributed by atoms with Gasteiger partial charge in [0.2, 0.25) is 5.95 Å². The van der Waals surface area contributed by atoms with Crippen molar-refractivity contribution in [3.8, 4) is 0 Å². The van der Waals surface area contributed by atoms with E-state index < -0.39 is 5.97 Å². The highest BCUT2D eigenvalue weighted by molar-refractivity contribution is 5.85. The molecule has 0 aliphatic heterocycles. The number of carboxylic acids is 1. The van der Waals surface area contributed by atoms with Crippen LogP contribution in [0.1, 0.15) is 24.3 Å². The molecule has 1 rings (SSSR count). The van der Waals surface area contributed by atoms with Crippen LogP contribution in [0.2, 0.25) is 0 Å². The summed E-state index contributed by atoms with van der Waals surface area (Å²) >= 11 is 0. The molecule has 0 radical (unpaired) electrons. The maximum absolute atomic E-state index is 10.7. The fraction of sp³-hybridized carbons (Fsp3) is 0.500. The minimum atomic E-state index is -1.07. The van der Waals surface area contributed by atoms with E-state index in [1.54, 1.807) is 7.11 Å². The quantitative estimate of drug-likeness (QED) is 0.778. The molecule has 0 atom stereocenters. The minimum absolute atomic E-state index is 0.0345. The molecule has 0 amide bonds. The molecular weight excluding hydrogens is 210 g/mol. The summed E-state index contributed by atoms with van der Waals surface area (Å²) in [6.07, 6.45) is 1.40. The molecule has 0 spiro atoms. The summed E-state index contributed by atoms with van der Waals surface area (Å²) in [5, 5.41) is 11.7. The Morgan fingerprint density at radius 1 is 1.62 bits per heavy atom. The smallest absolute Gasteiger partial charge is 0.354 e. The van der Waals surface area contributed by atoms with Gasteiger partial charge in [-0.15, -0.1) is 0 Å². The number of hydrogen-bond donors (Lipinski definition) is 2. The van der Waals surface area contributed by atoms with Crippen molar-refractivity contribution in [2.24, 2.45) is 0 Å². The maximum Gasteiger partial charge on any atom is 0.354 e. The van der Waals surface area contributed by atoms with Crippen LogP contribution >= 0.6 is 0 Å². The van der Waals surface area contributed by atoms with E-state index in [1.807, 2.05) is 13.8 Å². The molecule has 0 saturated heterocycles. The van der Waals surface area contributed by atoms with Crippen LogP contribution in [0.3, 0.4) is 0 Å². The second kappa shape index (κ2) is 4.89. The number of nitrogens with zero attached hydrogens (tertiary/aromatic N) is 2. The zero-order chi connectivity index (χ0) is 12.2. The van der Waals surface area contributed by atoms with Gasteiger partial charge < -0.3 is 15.2 Å². The zero-order valence-corrected chi connectivity index (χ0v) is 9.52. The number of nitrogens with one attached hydrogen (secondary N) is 1. The van der Waals surface area contributed by atoms with Gasteiger partial charge in [-0.3, -0.25) is 0 Å². The lowest BCUT2D eigenvalue weighted by atomic mass is 10.1. The first kappa shape index (κ1) is 12.4. The average molecular weight is 225 g/mol. The Balaban J connectivity index is 2.68. The van der Waals surface area contributed by atoms with Crippen LogP contribution in [0, 0.1) is 0 Å². The highest BCUT2D eigenvalue weighted by atomic mass is 16.5. The molecular formula is C10H15N3O3. The fourth-order valence-electron chi connectivity index (χ4n) is 0.927. The Labute approximate surface area is 93.7 Å². The number of aromatic carboxylic acids is 1. The van der Waals surface area contributed by atoms with Crippen molar-refractivity contribution in [1.82, 2.24) is 9.97 Å². The predicted molar refractivity (Wildman–Crippen MR) is 58.6 cm³/mol. The number of anilines is 1. The van der Waals surface area contributed by atoms with E-state index in [0.29, 0.717) is 6.54 Å². The van der Waals surface area contributed by atoms with E-state index in [-0.39, 0.29) is 17.2 Å². The summed E-state index contributed by atoms with van der Waals surface area (Å²) in [7, 11) is 1.61. The molecule has 0 aliphatic carbocycles. The van der Waals surface area contributed by atoms with Crippen LogP contribution in [0.5, 0.6) is 0 Å². The van der Waals surface area contributed by atoms with Crippen molar-refractivity contribution >= 4 is 11.9 Å². The number of rotatable bonds is 5. The number of hydrogen-bond acceptors (Lipinski definition) is 5. The number of carbonyl (C=O) groups is 1. The van der Waals surface area contributed by atoms with Crippen LogP contribution in [0.25, 0.3) is 0 Å². The molecule has 0 aromatic carbocycles. The van der Waals surface area contributed by atoms with Gasteiger partial charge in [-0.1, -0.05) is 0 Å². The lowest BCUT2D eigenvalue weighted by molar-refractivity contribution is 0.0342. The zero-order valence-electron chi connectivity index (χ0n) is 9.52. The van der Waals surface area contributed by atoms with Gasteiger partial charge in [0.15, 0.2) is 5.69 Å². The van der Waals surface area contributed by atoms with Gasteiger partial charge in [0.1, 0.15) is 0 Å². The summed E-state index contributed by atoms with van der Waals surface area (Å²) in [6, 6.07) is 1.34. The van der Waals surface area contributed by atoms with Gasteiger partial charge in [0, 0.05) is 19.9 Å². The van der Waals surface area contributed by atoms with Gasteiger partial charge in [-0.05, 0) is 19.9 Å². The molecule has 0 fully saturated rings. The average Bonchev–Trinajstić information content (AvgIpc) is 2.27. The first-order chi connectivity index (χ1) is 7.44. The number of aromatic nitrogens is 2. The topological polar surface area (TPSA) is 84.3 Å². The summed E-state index contributed by atoms with van der Waals surface area (Å²) in [5.74, 6) is -0.790. The monoisotopic (exact) mass is 225 g/mol. The van der Waals surface area contributed by atoms with Crippen molar-refractivity contribution < 1.29 is 14.6 Å². The molecule has 0 aliphatic rings. The standard InChI is InChI=1S/C10H15N3O3/c1-10(2,16-3)6-12-9-11-5-4-7(13-9)8(14)15/h4-5H,6H2,1-3H3,(H,14,15)(H,11,12,13). The van der Waals surface area contributed by atoms with E-state index in [9.17, 15) is 4.79 Å². The number of methoxy groups -OCH3 is 1. The van der Waals surface area contributed by atoms with Crippen molar-refractivity contribution in [2.75, 3.05) is 19.0 Å². The Hall–Kier alpha value is -1.69. The van der Waals surface area contributed by atoms with Crippen molar-refractivity contribution in [3.05, 3.63) is 18.0 Å². The van der Waals surface area contributed by atoms with Gasteiger partial charge in [0.25, 0.3) is 0 Å². The molecule has 6 heteroatoms. The van der Waals surface area contributed by atoms with Gasteiger partial charge in [0.05, 0.1) is 5.60 Å². The molecule has 2 N–H and O–H groups in total. The van der Waals surface area contributed by atoms with Crippen LogP contribution in [0.4, 0.5) is 5.95 Å². The lowest BCUT2D eigenvalue weighted by Crippen LogP contribution is -2.32. The van der Waals surface area contributed by atoms with E-state index in [2.05, 4.69) is 15.3 Å². The van der Waals surface area contributed by atoms with E-state index >= 15 is 0 Å². The molecule has 0 unspecified atom stereocenters. The number of carboxylic acid groups (broad SMARTS) is 1. The van der Waals surface area contributed by atoms with E-state index in [1.165, 1.54) is 12.3 Å². The molecule has 6 nitrogen and oxygen atoms in total. The first-order valence-corrected chi connectivity index (χ1v) is 4.80. The van der Waals surface area contributed by atoms with Gasteiger partial charge >= 0.3 is 5.97 Å². The van der Waals surface area contributed by atoms with Crippen LogP contribution < -0.4 is 5.32 Å². The Bertz CT molecular complexity index is 379. The van der Waals surface area contributed by atoms with Gasteiger partial charge in [-0.25, -0.2) is 14.8 Å². The number of ether oxygens (including phenoxy) is 1.